The summed E-state index contributed by atoms with van der Waals surface area (Å²) in [6.07, 6.45) is 22.7. The standard InChI is InChI=1S/C27H49N/c1-4-6-8-10-12-14-16-18-24-28(27-22-20-26(3)21-23-27)25-19-17-15-13-11-9-7-5-2/h20-23H,4-19,24-25H2,1-3H3/p+1. The average Bonchev–Trinajstić information content (AvgIpc) is 2.71. The van der Waals surface area contributed by atoms with Gasteiger partial charge < -0.3 is 4.90 Å². The number of hydrogen-bond donors (Lipinski definition) is 1. The second-order valence-electron chi connectivity index (χ2n) is 8.92. The van der Waals surface area contributed by atoms with Gasteiger partial charge in [-0.3, -0.25) is 0 Å². The zero-order chi connectivity index (χ0) is 20.3. The van der Waals surface area contributed by atoms with Gasteiger partial charge in [-0.05, 0) is 44.7 Å². The van der Waals surface area contributed by atoms with E-state index in [0.717, 1.165) is 0 Å². The molecule has 0 aliphatic heterocycles. The number of quaternary nitrogens is 1. The molecule has 0 aromatic heterocycles. The fraction of sp³-hybridized carbons (Fsp3) is 0.778. The first-order chi connectivity index (χ1) is 13.8. The maximum absolute atomic E-state index is 2.36. The molecule has 0 aliphatic rings. The molecule has 1 aromatic rings. The Bertz CT molecular complexity index is 416. The van der Waals surface area contributed by atoms with E-state index in [0.29, 0.717) is 0 Å². The fourth-order valence-corrected chi connectivity index (χ4v) is 4.15. The molecule has 0 amide bonds. The van der Waals surface area contributed by atoms with Gasteiger partial charge in [0, 0.05) is 0 Å². The van der Waals surface area contributed by atoms with Crippen LogP contribution in [0.15, 0.2) is 24.3 Å². The Kier molecular flexibility index (Phi) is 16.4. The zero-order valence-electron chi connectivity index (χ0n) is 19.5. The van der Waals surface area contributed by atoms with E-state index >= 15 is 0 Å². The third kappa shape index (κ3) is 13.4. The predicted molar refractivity (Wildman–Crippen MR) is 127 cm³/mol. The second-order valence-corrected chi connectivity index (χ2v) is 8.92. The molecule has 0 saturated heterocycles. The van der Waals surface area contributed by atoms with Gasteiger partial charge in [-0.2, -0.15) is 0 Å². The first-order valence-electron chi connectivity index (χ1n) is 12.7. The Morgan fingerprint density at radius 1 is 0.500 bits per heavy atom. The summed E-state index contributed by atoms with van der Waals surface area (Å²) in [5.41, 5.74) is 2.89. The molecule has 1 nitrogen and oxygen atoms in total. The molecule has 0 atom stereocenters. The van der Waals surface area contributed by atoms with Gasteiger partial charge >= 0.3 is 0 Å². The Balaban J connectivity index is 2.24. The third-order valence-corrected chi connectivity index (χ3v) is 6.12. The molecule has 0 spiro atoms. The third-order valence-electron chi connectivity index (χ3n) is 6.12. The fourth-order valence-electron chi connectivity index (χ4n) is 4.15. The van der Waals surface area contributed by atoms with Crippen molar-refractivity contribution < 1.29 is 4.90 Å². The van der Waals surface area contributed by atoms with Gasteiger partial charge in [0.15, 0.2) is 0 Å². The van der Waals surface area contributed by atoms with Gasteiger partial charge in [0.2, 0.25) is 0 Å². The normalized spacial score (nSPS) is 11.4. The molecule has 0 saturated carbocycles. The summed E-state index contributed by atoms with van der Waals surface area (Å²) in [6, 6.07) is 9.30. The predicted octanol–water partition coefficient (Wildman–Crippen LogP) is 7.79. The van der Waals surface area contributed by atoms with E-state index in [-0.39, 0.29) is 0 Å². The number of rotatable bonds is 19. The molecular formula is C27H50N+. The van der Waals surface area contributed by atoms with Crippen LogP contribution in [-0.2, 0) is 0 Å². The molecule has 28 heavy (non-hydrogen) atoms. The van der Waals surface area contributed by atoms with Gasteiger partial charge in [-0.15, -0.1) is 0 Å². The average molecular weight is 389 g/mol. The molecule has 0 aliphatic carbocycles. The quantitative estimate of drug-likeness (QED) is 0.231. The van der Waals surface area contributed by atoms with Crippen LogP contribution in [0.2, 0.25) is 0 Å². The molecule has 162 valence electrons. The largest absolute Gasteiger partial charge is 0.302 e. The lowest BCUT2D eigenvalue weighted by atomic mass is 10.1. The summed E-state index contributed by atoms with van der Waals surface area (Å²) >= 11 is 0. The van der Waals surface area contributed by atoms with Crippen LogP contribution < -0.4 is 4.90 Å². The Labute approximate surface area is 177 Å². The van der Waals surface area contributed by atoms with Crippen LogP contribution in [0.4, 0.5) is 5.69 Å². The van der Waals surface area contributed by atoms with Gasteiger partial charge in [-0.25, -0.2) is 0 Å². The Morgan fingerprint density at radius 2 is 0.857 bits per heavy atom. The molecular weight excluding hydrogens is 338 g/mol. The zero-order valence-corrected chi connectivity index (χ0v) is 19.5. The number of nitrogens with one attached hydrogen (secondary N) is 1. The van der Waals surface area contributed by atoms with Crippen molar-refractivity contribution in [1.82, 2.24) is 0 Å². The highest BCUT2D eigenvalue weighted by atomic mass is 15.1. The Hall–Kier alpha value is -0.820. The van der Waals surface area contributed by atoms with Crippen LogP contribution in [0.25, 0.3) is 0 Å². The minimum Gasteiger partial charge on any atom is -0.302 e. The highest BCUT2D eigenvalue weighted by Crippen LogP contribution is 2.10. The lowest BCUT2D eigenvalue weighted by Crippen LogP contribution is -3.07. The first-order valence-corrected chi connectivity index (χ1v) is 12.7. The highest BCUT2D eigenvalue weighted by molar-refractivity contribution is 5.31. The molecule has 0 fully saturated rings. The van der Waals surface area contributed by atoms with E-state index in [9.17, 15) is 0 Å². The van der Waals surface area contributed by atoms with Crippen LogP contribution in [-0.4, -0.2) is 13.1 Å². The molecule has 0 unspecified atom stereocenters. The summed E-state index contributed by atoms with van der Waals surface area (Å²) in [4.78, 5) is 1.72. The molecule has 1 heteroatoms. The SMILES string of the molecule is CCCCCCCCCC[NH+](CCCCCCCCCC)c1ccc(C)cc1. The van der Waals surface area contributed by atoms with Crippen LogP contribution in [0.3, 0.4) is 0 Å². The molecule has 0 radical (unpaired) electrons. The van der Waals surface area contributed by atoms with E-state index < -0.39 is 0 Å². The van der Waals surface area contributed by atoms with Crippen molar-refractivity contribution in [3.8, 4) is 0 Å². The second kappa shape index (κ2) is 18.2. The maximum atomic E-state index is 2.36. The van der Waals surface area contributed by atoms with Gasteiger partial charge in [0.1, 0.15) is 5.69 Å². The van der Waals surface area contributed by atoms with Crippen molar-refractivity contribution in [2.24, 2.45) is 0 Å². The van der Waals surface area contributed by atoms with Crippen LogP contribution >= 0.6 is 0 Å². The van der Waals surface area contributed by atoms with Crippen molar-refractivity contribution in [2.45, 2.75) is 124 Å². The van der Waals surface area contributed by atoms with Crippen LogP contribution in [0.1, 0.15) is 122 Å². The minimum absolute atomic E-state index is 1.31. The van der Waals surface area contributed by atoms with Crippen molar-refractivity contribution in [1.29, 1.82) is 0 Å². The van der Waals surface area contributed by atoms with E-state index in [1.807, 2.05) is 0 Å². The van der Waals surface area contributed by atoms with Crippen LogP contribution in [0, 0.1) is 6.92 Å². The molecule has 1 rings (SSSR count). The summed E-state index contributed by atoms with van der Waals surface area (Å²) in [6.45, 7) is 9.42. The summed E-state index contributed by atoms with van der Waals surface area (Å²) in [7, 11) is 0. The van der Waals surface area contributed by atoms with Gasteiger partial charge in [0.25, 0.3) is 0 Å². The molecule has 1 aromatic carbocycles. The van der Waals surface area contributed by atoms with Gasteiger partial charge in [-0.1, -0.05) is 109 Å². The monoisotopic (exact) mass is 388 g/mol. The lowest BCUT2D eigenvalue weighted by molar-refractivity contribution is -0.833. The maximum Gasteiger partial charge on any atom is 0.131 e. The number of benzene rings is 1. The topological polar surface area (TPSA) is 4.44 Å². The van der Waals surface area contributed by atoms with E-state index in [1.165, 1.54) is 127 Å². The van der Waals surface area contributed by atoms with Crippen molar-refractivity contribution in [2.75, 3.05) is 13.1 Å². The van der Waals surface area contributed by atoms with Gasteiger partial charge in [0.05, 0.1) is 13.1 Å². The lowest BCUT2D eigenvalue weighted by Gasteiger charge is -2.19. The van der Waals surface area contributed by atoms with E-state index in [4.69, 9.17) is 0 Å². The number of aryl methyl sites for hydroxylation is 1. The molecule has 0 heterocycles. The van der Waals surface area contributed by atoms with Crippen molar-refractivity contribution in [3.63, 3.8) is 0 Å². The minimum atomic E-state index is 1.31. The molecule has 1 N–H and O–H groups in total. The van der Waals surface area contributed by atoms with E-state index in [2.05, 4.69) is 45.0 Å². The summed E-state index contributed by atoms with van der Waals surface area (Å²) in [5, 5.41) is 0. The molecule has 0 bridgehead atoms. The van der Waals surface area contributed by atoms with E-state index in [1.54, 1.807) is 4.90 Å². The van der Waals surface area contributed by atoms with Crippen molar-refractivity contribution in [3.05, 3.63) is 29.8 Å². The van der Waals surface area contributed by atoms with Crippen molar-refractivity contribution >= 4 is 5.69 Å². The summed E-state index contributed by atoms with van der Waals surface area (Å²) in [5.74, 6) is 0. The number of hydrogen-bond acceptors (Lipinski definition) is 0. The number of unbranched alkanes of at least 4 members (excludes halogenated alkanes) is 14. The summed E-state index contributed by atoms with van der Waals surface area (Å²) < 4.78 is 0. The van der Waals surface area contributed by atoms with Crippen LogP contribution in [0.5, 0.6) is 0 Å². The smallest absolute Gasteiger partial charge is 0.131 e. The Morgan fingerprint density at radius 3 is 1.25 bits per heavy atom. The first kappa shape index (κ1) is 25.2. The highest BCUT2D eigenvalue weighted by Gasteiger charge is 2.11.